The summed E-state index contributed by atoms with van der Waals surface area (Å²) in [5.74, 6) is -0.901. The van der Waals surface area contributed by atoms with Gasteiger partial charge in [0.25, 0.3) is 0 Å². The molecule has 0 aliphatic carbocycles. The summed E-state index contributed by atoms with van der Waals surface area (Å²) in [6.07, 6.45) is 2.30. The van der Waals surface area contributed by atoms with E-state index in [4.69, 9.17) is 16.3 Å². The average molecular weight is 640 g/mol. The maximum Gasteiger partial charge on any atom is 0.338 e. The molecule has 0 radical (unpaired) electrons. The van der Waals surface area contributed by atoms with Crippen molar-refractivity contribution in [1.29, 1.82) is 0 Å². The molecule has 10 nitrogen and oxygen atoms in total. The normalized spacial score (nSPS) is 15.5. The van der Waals surface area contributed by atoms with E-state index in [-0.39, 0.29) is 37.4 Å². The van der Waals surface area contributed by atoms with E-state index in [1.807, 2.05) is 49.3 Å². The molecule has 2 aromatic carbocycles. The first-order valence-electron chi connectivity index (χ1n) is 15.5. The van der Waals surface area contributed by atoms with E-state index >= 15 is 0 Å². The van der Waals surface area contributed by atoms with Crippen LogP contribution in [0.5, 0.6) is 0 Å². The Bertz CT molecular complexity index is 1330. The van der Waals surface area contributed by atoms with Crippen LogP contribution in [0.4, 0.5) is 4.79 Å². The summed E-state index contributed by atoms with van der Waals surface area (Å²) < 4.78 is 5.70. The third-order valence-electron chi connectivity index (χ3n) is 7.79. The van der Waals surface area contributed by atoms with Crippen LogP contribution < -0.4 is 10.6 Å². The number of rotatable bonds is 16. The van der Waals surface area contributed by atoms with Crippen LogP contribution >= 0.6 is 11.6 Å². The van der Waals surface area contributed by atoms with Gasteiger partial charge in [0, 0.05) is 43.3 Å². The fourth-order valence-electron chi connectivity index (χ4n) is 5.07. The van der Waals surface area contributed by atoms with Crippen LogP contribution in [-0.4, -0.2) is 84.8 Å². The van der Waals surface area contributed by atoms with Gasteiger partial charge in [-0.05, 0) is 64.0 Å². The van der Waals surface area contributed by atoms with Crippen molar-refractivity contribution in [2.45, 2.75) is 65.1 Å². The van der Waals surface area contributed by atoms with Gasteiger partial charge in [-0.2, -0.15) is 0 Å². The van der Waals surface area contributed by atoms with Gasteiger partial charge in [-0.15, -0.1) is 0 Å². The Morgan fingerprint density at radius 3 is 2.38 bits per heavy atom. The van der Waals surface area contributed by atoms with Crippen molar-refractivity contribution in [3.63, 3.8) is 0 Å². The Kier molecular flexibility index (Phi) is 13.9. The first kappa shape index (κ1) is 35.6. The minimum absolute atomic E-state index is 0.0826. The van der Waals surface area contributed by atoms with E-state index in [0.717, 1.165) is 18.4 Å². The number of ether oxygens (including phenoxy) is 1. The molecule has 0 bridgehead atoms. The van der Waals surface area contributed by atoms with Crippen LogP contribution in [-0.2, 0) is 25.7 Å². The minimum atomic E-state index is -0.732. The number of carbonyl (C=O) groups excluding carboxylic acids is 4. The summed E-state index contributed by atoms with van der Waals surface area (Å²) in [4.78, 5) is 58.1. The van der Waals surface area contributed by atoms with E-state index in [2.05, 4.69) is 17.6 Å². The number of nitrogens with zero attached hydrogens (tertiary/aromatic N) is 3. The molecule has 1 heterocycles. The molecule has 2 aromatic rings. The van der Waals surface area contributed by atoms with Crippen LogP contribution in [0, 0.1) is 0 Å². The molecule has 1 aliphatic rings. The van der Waals surface area contributed by atoms with Crippen LogP contribution in [0.3, 0.4) is 0 Å². The number of hydrogen-bond acceptors (Lipinski definition) is 6. The predicted octanol–water partition coefficient (Wildman–Crippen LogP) is 4.90. The zero-order valence-electron chi connectivity index (χ0n) is 27.0. The number of amides is 4. The van der Waals surface area contributed by atoms with Gasteiger partial charge < -0.3 is 25.2 Å². The summed E-state index contributed by atoms with van der Waals surface area (Å²) in [5.41, 5.74) is 2.30. The van der Waals surface area contributed by atoms with E-state index in [9.17, 15) is 19.2 Å². The van der Waals surface area contributed by atoms with Gasteiger partial charge >= 0.3 is 12.0 Å². The Labute approximate surface area is 271 Å². The first-order valence-corrected chi connectivity index (χ1v) is 15.9. The quantitative estimate of drug-likeness (QED) is 0.200. The number of nitrogens with one attached hydrogen (secondary N) is 2. The van der Waals surface area contributed by atoms with Gasteiger partial charge in [0.1, 0.15) is 12.6 Å². The molecule has 0 saturated carbocycles. The molecule has 2 unspecified atom stereocenters. The average Bonchev–Trinajstić information content (AvgIpc) is 3.02. The summed E-state index contributed by atoms with van der Waals surface area (Å²) in [6, 6.07) is 14.6. The summed E-state index contributed by atoms with van der Waals surface area (Å²) in [7, 11) is 3.83. The van der Waals surface area contributed by atoms with Crippen molar-refractivity contribution >= 4 is 35.4 Å². The van der Waals surface area contributed by atoms with Gasteiger partial charge in [-0.1, -0.05) is 67.4 Å². The third-order valence-corrected chi connectivity index (χ3v) is 8.04. The van der Waals surface area contributed by atoms with E-state index in [1.54, 1.807) is 43.0 Å². The molecule has 4 amide bonds. The summed E-state index contributed by atoms with van der Waals surface area (Å²) in [6.45, 7) is 7.37. The molecule has 0 aromatic heterocycles. The predicted molar refractivity (Wildman–Crippen MR) is 175 cm³/mol. The number of hydrogen-bond donors (Lipinski definition) is 2. The fourth-order valence-corrected chi connectivity index (χ4v) is 5.20. The van der Waals surface area contributed by atoms with Gasteiger partial charge in [-0.3, -0.25) is 14.5 Å². The Hall–Kier alpha value is -3.89. The van der Waals surface area contributed by atoms with Crippen molar-refractivity contribution in [3.8, 4) is 0 Å². The van der Waals surface area contributed by atoms with Crippen molar-refractivity contribution < 1.29 is 23.9 Å². The highest BCUT2D eigenvalue weighted by Crippen LogP contribution is 2.32. The summed E-state index contributed by atoms with van der Waals surface area (Å²) >= 11 is 6.10. The molecule has 0 spiro atoms. The molecule has 45 heavy (non-hydrogen) atoms. The van der Waals surface area contributed by atoms with Gasteiger partial charge in [-0.25, -0.2) is 9.59 Å². The lowest BCUT2D eigenvalue weighted by Gasteiger charge is -2.35. The van der Waals surface area contributed by atoms with Gasteiger partial charge in [0.2, 0.25) is 11.8 Å². The second-order valence-corrected chi connectivity index (χ2v) is 11.9. The SMILES string of the molecule is CCCCNC(=O)C(C)N(CCN(C)C)C(=O)CCCN1C(=O)NC(c2ccc(Cl)cc2)C(C(=O)OCc2ccccc2)=C1C. The maximum atomic E-state index is 13.5. The number of urea groups is 1. The number of carbonyl (C=O) groups is 4. The second kappa shape index (κ2) is 17.6. The zero-order chi connectivity index (χ0) is 32.9. The van der Waals surface area contributed by atoms with Gasteiger partial charge in [0.15, 0.2) is 0 Å². The van der Waals surface area contributed by atoms with Crippen molar-refractivity contribution in [3.05, 3.63) is 82.0 Å². The molecule has 2 atom stereocenters. The van der Waals surface area contributed by atoms with Crippen molar-refractivity contribution in [2.75, 3.05) is 40.3 Å². The Morgan fingerprint density at radius 2 is 1.73 bits per heavy atom. The molecule has 0 saturated heterocycles. The highest BCUT2D eigenvalue weighted by molar-refractivity contribution is 6.30. The van der Waals surface area contributed by atoms with E-state index in [0.29, 0.717) is 47.9 Å². The lowest BCUT2D eigenvalue weighted by molar-refractivity contribution is -0.141. The molecule has 1 aliphatic heterocycles. The second-order valence-electron chi connectivity index (χ2n) is 11.5. The largest absolute Gasteiger partial charge is 0.457 e. The zero-order valence-corrected chi connectivity index (χ0v) is 27.7. The molecule has 2 N–H and O–H groups in total. The van der Waals surface area contributed by atoms with E-state index in [1.165, 1.54) is 4.90 Å². The van der Waals surface area contributed by atoms with Crippen LogP contribution in [0.25, 0.3) is 0 Å². The molecular formula is C34H46ClN5O5. The van der Waals surface area contributed by atoms with Crippen LogP contribution in [0.1, 0.15) is 63.6 Å². The molecule has 11 heteroatoms. The lowest BCUT2D eigenvalue weighted by atomic mass is 9.95. The minimum Gasteiger partial charge on any atom is -0.457 e. The van der Waals surface area contributed by atoms with Gasteiger partial charge in [0.05, 0.1) is 11.6 Å². The molecule has 3 rings (SSSR count). The highest BCUT2D eigenvalue weighted by atomic mass is 35.5. The number of halogens is 1. The third kappa shape index (κ3) is 10.3. The highest BCUT2D eigenvalue weighted by Gasteiger charge is 2.36. The lowest BCUT2D eigenvalue weighted by Crippen LogP contribution is -2.50. The number of esters is 1. The fraction of sp³-hybridized carbons (Fsp3) is 0.471. The first-order chi connectivity index (χ1) is 21.5. The van der Waals surface area contributed by atoms with Crippen LogP contribution in [0.2, 0.25) is 5.02 Å². The van der Waals surface area contributed by atoms with Crippen LogP contribution in [0.15, 0.2) is 65.9 Å². The Balaban J connectivity index is 1.77. The summed E-state index contributed by atoms with van der Waals surface area (Å²) in [5, 5.41) is 6.40. The van der Waals surface area contributed by atoms with Crippen molar-refractivity contribution in [2.24, 2.45) is 0 Å². The maximum absolute atomic E-state index is 13.5. The molecule has 0 fully saturated rings. The number of likely N-dealkylation sites (N-methyl/N-ethyl adjacent to an activating group) is 1. The Morgan fingerprint density at radius 1 is 1.04 bits per heavy atom. The number of benzene rings is 2. The number of allylic oxidation sites excluding steroid dienone is 1. The number of unbranched alkanes of at least 4 members (excludes halogenated alkanes) is 1. The standard InChI is InChI=1S/C34H46ClN5O5/c1-6-7-19-36-32(42)25(3)39(22-21-38(4)5)29(41)14-11-20-40-24(2)30(33(43)45-23-26-12-9-8-10-13-26)31(37-34(40)44)27-15-17-28(35)18-16-27/h8-10,12-13,15-18,25,31H,6-7,11,14,19-23H2,1-5H3,(H,36,42)(H,37,44). The molecular weight excluding hydrogens is 594 g/mol. The monoisotopic (exact) mass is 639 g/mol. The van der Waals surface area contributed by atoms with Crippen molar-refractivity contribution in [1.82, 2.24) is 25.3 Å². The smallest absolute Gasteiger partial charge is 0.338 e. The van der Waals surface area contributed by atoms with E-state index < -0.39 is 18.1 Å². The molecule has 244 valence electrons. The topological polar surface area (TPSA) is 111 Å².